The molecule has 5 nitrogen and oxygen atoms in total. The van der Waals surface area contributed by atoms with Crippen LogP contribution in [0.1, 0.15) is 52.9 Å². The Balaban J connectivity index is 1.53. The SMILES string of the molecule is CCOC1CC(O)C12CCN(C(C)C(=O)N1CCC(C)CC1)CC2. The van der Waals surface area contributed by atoms with Gasteiger partial charge in [0.1, 0.15) is 0 Å². The van der Waals surface area contributed by atoms with Gasteiger partial charge in [-0.1, -0.05) is 6.92 Å². The monoisotopic (exact) mass is 338 g/mol. The molecular weight excluding hydrogens is 304 g/mol. The third-order valence-electron chi connectivity index (χ3n) is 6.84. The first kappa shape index (κ1) is 18.2. The molecule has 0 bridgehead atoms. The summed E-state index contributed by atoms with van der Waals surface area (Å²) in [4.78, 5) is 17.1. The summed E-state index contributed by atoms with van der Waals surface area (Å²) in [5.41, 5.74) is -0.0597. The van der Waals surface area contributed by atoms with E-state index in [4.69, 9.17) is 4.74 Å². The number of nitrogens with zero attached hydrogens (tertiary/aromatic N) is 2. The molecule has 5 heteroatoms. The highest BCUT2D eigenvalue weighted by molar-refractivity contribution is 5.81. The molecule has 1 saturated carbocycles. The third kappa shape index (κ3) is 3.23. The second kappa shape index (κ2) is 7.30. The summed E-state index contributed by atoms with van der Waals surface area (Å²) in [5.74, 6) is 1.03. The van der Waals surface area contributed by atoms with Crippen molar-refractivity contribution in [3.8, 4) is 0 Å². The number of rotatable bonds is 4. The number of carbonyl (C=O) groups is 1. The number of likely N-dealkylation sites (tertiary alicyclic amines) is 2. The molecule has 24 heavy (non-hydrogen) atoms. The minimum atomic E-state index is -0.231. The average Bonchev–Trinajstić information content (AvgIpc) is 2.61. The van der Waals surface area contributed by atoms with Gasteiger partial charge in [0.2, 0.25) is 5.91 Å². The Morgan fingerprint density at radius 2 is 1.88 bits per heavy atom. The Morgan fingerprint density at radius 3 is 2.42 bits per heavy atom. The van der Waals surface area contributed by atoms with Crippen molar-refractivity contribution < 1.29 is 14.6 Å². The summed E-state index contributed by atoms with van der Waals surface area (Å²) in [6.07, 6.45) is 4.88. The average molecular weight is 338 g/mol. The van der Waals surface area contributed by atoms with Crippen LogP contribution in [0.2, 0.25) is 0 Å². The molecule has 1 aliphatic carbocycles. The molecule has 2 heterocycles. The summed E-state index contributed by atoms with van der Waals surface area (Å²) in [7, 11) is 0. The topological polar surface area (TPSA) is 53.0 Å². The van der Waals surface area contributed by atoms with E-state index >= 15 is 0 Å². The van der Waals surface area contributed by atoms with Gasteiger partial charge in [-0.15, -0.1) is 0 Å². The van der Waals surface area contributed by atoms with E-state index in [1.807, 2.05) is 6.92 Å². The first-order valence-electron chi connectivity index (χ1n) is 9.80. The Bertz CT molecular complexity index is 438. The van der Waals surface area contributed by atoms with Crippen LogP contribution in [0.5, 0.6) is 0 Å². The normalized spacial score (nSPS) is 32.6. The van der Waals surface area contributed by atoms with Crippen molar-refractivity contribution >= 4 is 5.91 Å². The first-order valence-corrected chi connectivity index (χ1v) is 9.80. The quantitative estimate of drug-likeness (QED) is 0.850. The van der Waals surface area contributed by atoms with Crippen molar-refractivity contribution in [2.75, 3.05) is 32.8 Å². The maximum absolute atomic E-state index is 12.8. The molecule has 0 aromatic carbocycles. The zero-order valence-corrected chi connectivity index (χ0v) is 15.5. The zero-order chi connectivity index (χ0) is 17.3. The molecule has 0 aromatic heterocycles. The summed E-state index contributed by atoms with van der Waals surface area (Å²) in [6, 6.07) is -0.0430. The lowest BCUT2D eigenvalue weighted by molar-refractivity contribution is -0.211. The molecular formula is C19H34N2O3. The number of aliphatic hydroxyl groups excluding tert-OH is 1. The van der Waals surface area contributed by atoms with Crippen LogP contribution in [0.4, 0.5) is 0 Å². The van der Waals surface area contributed by atoms with Gasteiger partial charge in [0, 0.05) is 31.5 Å². The van der Waals surface area contributed by atoms with Crippen LogP contribution < -0.4 is 0 Å². The second-order valence-electron chi connectivity index (χ2n) is 8.15. The van der Waals surface area contributed by atoms with Gasteiger partial charge in [0.25, 0.3) is 0 Å². The van der Waals surface area contributed by atoms with Crippen LogP contribution in [0, 0.1) is 11.3 Å². The van der Waals surface area contributed by atoms with E-state index in [9.17, 15) is 9.90 Å². The van der Waals surface area contributed by atoms with Crippen LogP contribution in [-0.2, 0) is 9.53 Å². The molecule has 138 valence electrons. The molecule has 3 atom stereocenters. The van der Waals surface area contributed by atoms with Crippen molar-refractivity contribution in [3.05, 3.63) is 0 Å². The number of hydrogen-bond acceptors (Lipinski definition) is 4. The van der Waals surface area contributed by atoms with Gasteiger partial charge in [-0.2, -0.15) is 0 Å². The lowest BCUT2D eigenvalue weighted by atomic mass is 9.58. The van der Waals surface area contributed by atoms with Crippen molar-refractivity contribution in [1.29, 1.82) is 0 Å². The number of ether oxygens (including phenoxy) is 1. The molecule has 3 aliphatic rings. The number of aliphatic hydroxyl groups is 1. The minimum Gasteiger partial charge on any atom is -0.392 e. The predicted octanol–water partition coefficient (Wildman–Crippen LogP) is 1.89. The molecule has 1 spiro atoms. The summed E-state index contributed by atoms with van der Waals surface area (Å²) >= 11 is 0. The van der Waals surface area contributed by atoms with E-state index in [1.165, 1.54) is 0 Å². The smallest absolute Gasteiger partial charge is 0.239 e. The zero-order valence-electron chi connectivity index (χ0n) is 15.5. The van der Waals surface area contributed by atoms with Gasteiger partial charge < -0.3 is 14.7 Å². The fourth-order valence-corrected chi connectivity index (χ4v) is 4.79. The van der Waals surface area contributed by atoms with Crippen molar-refractivity contribution in [2.45, 2.75) is 71.1 Å². The van der Waals surface area contributed by atoms with Crippen molar-refractivity contribution in [3.63, 3.8) is 0 Å². The Kier molecular flexibility index (Phi) is 5.52. The van der Waals surface area contributed by atoms with E-state index < -0.39 is 0 Å². The highest BCUT2D eigenvalue weighted by Gasteiger charge is 2.56. The second-order valence-corrected chi connectivity index (χ2v) is 8.15. The predicted molar refractivity (Wildman–Crippen MR) is 93.7 cm³/mol. The first-order chi connectivity index (χ1) is 11.5. The number of piperidine rings is 2. The van der Waals surface area contributed by atoms with E-state index in [1.54, 1.807) is 0 Å². The highest BCUT2D eigenvalue weighted by atomic mass is 16.5. The van der Waals surface area contributed by atoms with Gasteiger partial charge in [-0.05, 0) is 58.5 Å². The molecule has 2 saturated heterocycles. The number of carbonyl (C=O) groups excluding carboxylic acids is 1. The number of amides is 1. The van der Waals surface area contributed by atoms with E-state index in [2.05, 4.69) is 23.6 Å². The molecule has 3 fully saturated rings. The Morgan fingerprint density at radius 1 is 1.25 bits per heavy atom. The molecule has 0 radical (unpaired) electrons. The van der Waals surface area contributed by atoms with Crippen LogP contribution >= 0.6 is 0 Å². The molecule has 2 aliphatic heterocycles. The van der Waals surface area contributed by atoms with Crippen molar-refractivity contribution in [1.82, 2.24) is 9.80 Å². The van der Waals surface area contributed by atoms with Crippen LogP contribution in [0.15, 0.2) is 0 Å². The third-order valence-corrected chi connectivity index (χ3v) is 6.84. The van der Waals surface area contributed by atoms with Gasteiger partial charge in [0.15, 0.2) is 0 Å². The molecule has 0 aromatic rings. The van der Waals surface area contributed by atoms with Gasteiger partial charge in [-0.3, -0.25) is 9.69 Å². The van der Waals surface area contributed by atoms with Crippen LogP contribution in [-0.4, -0.2) is 71.8 Å². The van der Waals surface area contributed by atoms with Gasteiger partial charge in [0.05, 0.1) is 18.2 Å². The van der Waals surface area contributed by atoms with Crippen LogP contribution in [0.3, 0.4) is 0 Å². The van der Waals surface area contributed by atoms with E-state index in [0.717, 1.165) is 64.2 Å². The molecule has 1 amide bonds. The fourth-order valence-electron chi connectivity index (χ4n) is 4.79. The number of hydrogen-bond donors (Lipinski definition) is 1. The van der Waals surface area contributed by atoms with E-state index in [-0.39, 0.29) is 29.6 Å². The minimum absolute atomic E-state index is 0.0430. The standard InChI is InChI=1S/C19H34N2O3/c1-4-24-17-13-16(22)19(17)7-11-20(12-8-19)15(3)18(23)21-9-5-14(2)6-10-21/h14-17,22H,4-13H2,1-3H3. The maximum atomic E-state index is 12.8. The summed E-state index contributed by atoms with van der Waals surface area (Å²) in [6.45, 7) is 10.7. The van der Waals surface area contributed by atoms with Crippen LogP contribution in [0.25, 0.3) is 0 Å². The molecule has 3 rings (SSSR count). The maximum Gasteiger partial charge on any atom is 0.239 e. The molecule has 1 N–H and O–H groups in total. The highest BCUT2D eigenvalue weighted by Crippen LogP contribution is 2.51. The van der Waals surface area contributed by atoms with E-state index in [0.29, 0.717) is 6.61 Å². The van der Waals surface area contributed by atoms with Crippen molar-refractivity contribution in [2.24, 2.45) is 11.3 Å². The largest absolute Gasteiger partial charge is 0.392 e. The van der Waals surface area contributed by atoms with Gasteiger partial charge >= 0.3 is 0 Å². The Labute approximate surface area is 146 Å². The summed E-state index contributed by atoms with van der Waals surface area (Å²) in [5, 5.41) is 10.3. The fraction of sp³-hybridized carbons (Fsp3) is 0.947. The lowest BCUT2D eigenvalue weighted by Crippen LogP contribution is -2.63. The lowest BCUT2D eigenvalue weighted by Gasteiger charge is -2.57. The Hall–Kier alpha value is -0.650. The molecule has 3 unspecified atom stereocenters. The van der Waals surface area contributed by atoms with Gasteiger partial charge in [-0.25, -0.2) is 0 Å². The summed E-state index contributed by atoms with van der Waals surface area (Å²) < 4.78 is 5.84.